The maximum Gasteiger partial charge on any atom is 0.0853 e. The Bertz CT molecular complexity index is 195. The van der Waals surface area contributed by atoms with Crippen LogP contribution >= 0.6 is 12.6 Å². The Morgan fingerprint density at radius 3 is 2.70 bits per heavy atom. The normalized spacial score (nSPS) is 9.80. The number of nitrogens with zero attached hydrogens (tertiary/aromatic N) is 1. The number of aromatic nitrogens is 1. The number of aliphatic hydroxyl groups is 1. The second-order valence-corrected chi connectivity index (χ2v) is 2.25. The summed E-state index contributed by atoms with van der Waals surface area (Å²) in [7, 11) is 0. The van der Waals surface area contributed by atoms with E-state index < -0.39 is 0 Å². The number of hydrogen-bond acceptors (Lipinski definition) is 3. The zero-order valence-corrected chi connectivity index (χ0v) is 6.38. The van der Waals surface area contributed by atoms with Crippen LogP contribution in [0.2, 0.25) is 0 Å². The molecule has 1 N–H and O–H groups in total. The van der Waals surface area contributed by atoms with E-state index in [-0.39, 0.29) is 6.61 Å². The van der Waals surface area contributed by atoms with Gasteiger partial charge in [0.05, 0.1) is 18.0 Å². The minimum Gasteiger partial charge on any atom is -0.390 e. The van der Waals surface area contributed by atoms with Crippen LogP contribution in [0.15, 0.2) is 18.2 Å². The van der Waals surface area contributed by atoms with Gasteiger partial charge in [-0.3, -0.25) is 4.98 Å². The van der Waals surface area contributed by atoms with Gasteiger partial charge in [0, 0.05) is 5.75 Å². The fourth-order valence-electron chi connectivity index (χ4n) is 0.705. The first-order valence-corrected chi connectivity index (χ1v) is 3.66. The molecule has 10 heavy (non-hydrogen) atoms. The summed E-state index contributed by atoms with van der Waals surface area (Å²) in [5, 5.41) is 8.67. The van der Waals surface area contributed by atoms with E-state index >= 15 is 0 Å². The van der Waals surface area contributed by atoms with E-state index in [0.29, 0.717) is 11.4 Å². The van der Waals surface area contributed by atoms with Gasteiger partial charge in [-0.2, -0.15) is 12.6 Å². The van der Waals surface area contributed by atoms with Crippen molar-refractivity contribution in [2.24, 2.45) is 0 Å². The lowest BCUT2D eigenvalue weighted by Gasteiger charge is -1.96. The topological polar surface area (TPSA) is 33.1 Å². The molecular weight excluding hydrogens is 146 g/mol. The molecule has 0 unspecified atom stereocenters. The van der Waals surface area contributed by atoms with Crippen LogP contribution in [-0.2, 0) is 12.4 Å². The van der Waals surface area contributed by atoms with Gasteiger partial charge in [0.15, 0.2) is 0 Å². The molecule has 0 aromatic carbocycles. The van der Waals surface area contributed by atoms with E-state index in [0.717, 1.165) is 5.69 Å². The van der Waals surface area contributed by atoms with Gasteiger partial charge in [-0.1, -0.05) is 6.07 Å². The molecule has 0 spiro atoms. The van der Waals surface area contributed by atoms with Crippen LogP contribution in [0.4, 0.5) is 0 Å². The highest BCUT2D eigenvalue weighted by Gasteiger charge is 1.92. The summed E-state index contributed by atoms with van der Waals surface area (Å²) in [6.07, 6.45) is 0. The van der Waals surface area contributed by atoms with Gasteiger partial charge in [0.1, 0.15) is 0 Å². The quantitative estimate of drug-likeness (QED) is 0.625. The molecule has 54 valence electrons. The molecule has 1 rings (SSSR count). The Balaban J connectivity index is 2.87. The van der Waals surface area contributed by atoms with Gasteiger partial charge in [0.2, 0.25) is 0 Å². The van der Waals surface area contributed by atoms with Gasteiger partial charge < -0.3 is 5.11 Å². The lowest BCUT2D eigenvalue weighted by Crippen LogP contribution is -1.91. The molecule has 0 amide bonds. The smallest absolute Gasteiger partial charge is 0.0853 e. The third kappa shape index (κ3) is 1.72. The number of aliphatic hydroxyl groups excluding tert-OH is 1. The molecule has 0 aliphatic heterocycles. The summed E-state index contributed by atoms with van der Waals surface area (Å²) in [5.74, 6) is 0.619. The van der Waals surface area contributed by atoms with Crippen molar-refractivity contribution < 1.29 is 5.11 Å². The third-order valence-corrected chi connectivity index (χ3v) is 1.51. The van der Waals surface area contributed by atoms with E-state index in [1.54, 1.807) is 6.07 Å². The van der Waals surface area contributed by atoms with Crippen LogP contribution in [0.25, 0.3) is 0 Å². The Hall–Kier alpha value is -0.540. The maximum absolute atomic E-state index is 8.67. The molecule has 0 radical (unpaired) electrons. The molecule has 1 aromatic rings. The monoisotopic (exact) mass is 155 g/mol. The molecule has 2 nitrogen and oxygen atoms in total. The second-order valence-electron chi connectivity index (χ2n) is 1.94. The van der Waals surface area contributed by atoms with Crippen molar-refractivity contribution in [2.75, 3.05) is 0 Å². The van der Waals surface area contributed by atoms with E-state index in [9.17, 15) is 0 Å². The largest absolute Gasteiger partial charge is 0.390 e. The number of hydrogen-bond donors (Lipinski definition) is 2. The molecule has 0 bridgehead atoms. The second kappa shape index (κ2) is 3.58. The van der Waals surface area contributed by atoms with Gasteiger partial charge >= 0.3 is 0 Å². The SMILES string of the molecule is OCc1cccc(CS)n1. The molecule has 3 heteroatoms. The molecule has 0 saturated carbocycles. The molecule has 0 aliphatic carbocycles. The van der Waals surface area contributed by atoms with Crippen LogP contribution in [0.5, 0.6) is 0 Å². The summed E-state index contributed by atoms with van der Waals surface area (Å²) in [6.45, 7) is 0.00160. The Morgan fingerprint density at radius 1 is 1.40 bits per heavy atom. The van der Waals surface area contributed by atoms with Crippen molar-refractivity contribution in [1.82, 2.24) is 4.98 Å². The van der Waals surface area contributed by atoms with Gasteiger partial charge in [-0.15, -0.1) is 0 Å². The lowest BCUT2D eigenvalue weighted by molar-refractivity contribution is 0.276. The average molecular weight is 155 g/mol. The van der Waals surface area contributed by atoms with Crippen molar-refractivity contribution in [1.29, 1.82) is 0 Å². The Morgan fingerprint density at radius 2 is 2.10 bits per heavy atom. The molecule has 0 atom stereocenters. The summed E-state index contributed by atoms with van der Waals surface area (Å²) in [6, 6.07) is 5.53. The fraction of sp³-hybridized carbons (Fsp3) is 0.286. The minimum atomic E-state index is 0.00160. The standard InChI is InChI=1S/C7H9NOS/c9-4-6-2-1-3-7(5-10)8-6/h1-3,9-10H,4-5H2. The first kappa shape index (κ1) is 7.57. The van der Waals surface area contributed by atoms with E-state index in [1.165, 1.54) is 0 Å². The lowest BCUT2D eigenvalue weighted by atomic mass is 10.3. The Kier molecular flexibility index (Phi) is 2.71. The summed E-state index contributed by atoms with van der Waals surface area (Å²) in [4.78, 5) is 4.08. The highest BCUT2D eigenvalue weighted by Crippen LogP contribution is 2.01. The predicted octanol–water partition coefficient (Wildman–Crippen LogP) is 1.00. The van der Waals surface area contributed by atoms with E-state index in [2.05, 4.69) is 17.6 Å². The zero-order valence-electron chi connectivity index (χ0n) is 5.49. The molecular formula is C7H9NOS. The van der Waals surface area contributed by atoms with Crippen molar-refractivity contribution >= 4 is 12.6 Å². The van der Waals surface area contributed by atoms with E-state index in [1.807, 2.05) is 12.1 Å². The summed E-state index contributed by atoms with van der Waals surface area (Å²) >= 11 is 4.05. The van der Waals surface area contributed by atoms with Gasteiger partial charge in [0.25, 0.3) is 0 Å². The predicted molar refractivity (Wildman–Crippen MR) is 42.8 cm³/mol. The van der Waals surface area contributed by atoms with Crippen molar-refractivity contribution in [3.63, 3.8) is 0 Å². The molecule has 1 heterocycles. The number of pyridine rings is 1. The van der Waals surface area contributed by atoms with Gasteiger partial charge in [-0.25, -0.2) is 0 Å². The summed E-state index contributed by atoms with van der Waals surface area (Å²) < 4.78 is 0. The number of thiol groups is 1. The minimum absolute atomic E-state index is 0.00160. The van der Waals surface area contributed by atoms with Crippen molar-refractivity contribution in [3.05, 3.63) is 29.6 Å². The number of rotatable bonds is 2. The average Bonchev–Trinajstić information content (AvgIpc) is 2.05. The molecule has 0 fully saturated rings. The van der Waals surface area contributed by atoms with Crippen LogP contribution in [0.1, 0.15) is 11.4 Å². The van der Waals surface area contributed by atoms with Crippen LogP contribution < -0.4 is 0 Å². The molecule has 0 aliphatic rings. The van der Waals surface area contributed by atoms with Crippen LogP contribution in [0, 0.1) is 0 Å². The van der Waals surface area contributed by atoms with Crippen LogP contribution in [0.3, 0.4) is 0 Å². The van der Waals surface area contributed by atoms with Gasteiger partial charge in [-0.05, 0) is 12.1 Å². The zero-order chi connectivity index (χ0) is 7.40. The Labute approximate surface area is 65.3 Å². The first-order valence-electron chi connectivity index (χ1n) is 3.03. The highest BCUT2D eigenvalue weighted by molar-refractivity contribution is 7.79. The molecule has 1 aromatic heterocycles. The first-order chi connectivity index (χ1) is 4.86. The van der Waals surface area contributed by atoms with E-state index in [4.69, 9.17) is 5.11 Å². The van der Waals surface area contributed by atoms with Crippen molar-refractivity contribution in [3.8, 4) is 0 Å². The third-order valence-electron chi connectivity index (χ3n) is 1.19. The fourth-order valence-corrected chi connectivity index (χ4v) is 0.881. The summed E-state index contributed by atoms with van der Waals surface area (Å²) in [5.41, 5.74) is 1.60. The highest BCUT2D eigenvalue weighted by atomic mass is 32.1. The van der Waals surface area contributed by atoms with Crippen LogP contribution in [-0.4, -0.2) is 10.1 Å². The molecule has 0 saturated heterocycles. The maximum atomic E-state index is 8.67. The van der Waals surface area contributed by atoms with Crippen molar-refractivity contribution in [2.45, 2.75) is 12.4 Å².